The fourth-order valence-corrected chi connectivity index (χ4v) is 3.67. The van der Waals surface area contributed by atoms with Crippen LogP contribution in [0.5, 0.6) is 0 Å². The van der Waals surface area contributed by atoms with E-state index in [1.807, 2.05) is 12.4 Å². The second-order valence-corrected chi connectivity index (χ2v) is 6.76. The predicted molar refractivity (Wildman–Crippen MR) is 83.0 cm³/mol. The van der Waals surface area contributed by atoms with Crippen molar-refractivity contribution in [3.05, 3.63) is 18.2 Å². The van der Waals surface area contributed by atoms with Crippen LogP contribution in [0.4, 0.5) is 0 Å². The topological polar surface area (TPSA) is 55.1 Å². The van der Waals surface area contributed by atoms with Crippen molar-refractivity contribution in [2.75, 3.05) is 0 Å². The molecule has 3 unspecified atom stereocenters. The first-order chi connectivity index (χ1) is 10.0. The third kappa shape index (κ3) is 3.86. The van der Waals surface area contributed by atoms with Gasteiger partial charge in [0, 0.05) is 25.4 Å². The number of nitrogens with zero attached hydrogens (tertiary/aromatic N) is 2. The minimum Gasteiger partial charge on any atom is -0.481 e. The van der Waals surface area contributed by atoms with Crippen LogP contribution in [0.25, 0.3) is 0 Å². The fourth-order valence-electron chi connectivity index (χ4n) is 3.67. The van der Waals surface area contributed by atoms with E-state index >= 15 is 0 Å². The molecule has 0 bridgehead atoms. The van der Waals surface area contributed by atoms with Crippen molar-refractivity contribution >= 4 is 5.97 Å². The molecule has 4 nitrogen and oxygen atoms in total. The third-order valence-corrected chi connectivity index (χ3v) is 4.99. The van der Waals surface area contributed by atoms with Gasteiger partial charge in [-0.25, -0.2) is 4.98 Å². The van der Waals surface area contributed by atoms with E-state index in [9.17, 15) is 9.90 Å². The maximum atomic E-state index is 11.6. The number of carboxylic acids is 1. The van der Waals surface area contributed by atoms with Crippen molar-refractivity contribution in [1.82, 2.24) is 9.55 Å². The summed E-state index contributed by atoms with van der Waals surface area (Å²) in [7, 11) is 0. The molecule has 2 rings (SSSR count). The van der Waals surface area contributed by atoms with E-state index in [0.29, 0.717) is 11.8 Å². The molecular formula is C17H28N2O2. The Kier molecular flexibility index (Phi) is 5.43. The smallest absolute Gasteiger partial charge is 0.306 e. The number of aliphatic carboxylic acids is 1. The number of carbonyl (C=O) groups is 1. The van der Waals surface area contributed by atoms with Crippen LogP contribution in [0.3, 0.4) is 0 Å². The zero-order chi connectivity index (χ0) is 15.4. The van der Waals surface area contributed by atoms with E-state index in [1.165, 1.54) is 0 Å². The molecule has 1 N–H and O–H groups in total. The van der Waals surface area contributed by atoms with Crippen LogP contribution >= 0.6 is 0 Å². The molecule has 1 aromatic rings. The molecule has 4 heteroatoms. The first kappa shape index (κ1) is 16.1. The minimum atomic E-state index is -0.629. The Labute approximate surface area is 127 Å². The summed E-state index contributed by atoms with van der Waals surface area (Å²) in [5.74, 6) is 1.74. The highest BCUT2D eigenvalue weighted by atomic mass is 16.4. The molecule has 21 heavy (non-hydrogen) atoms. The van der Waals surface area contributed by atoms with E-state index in [1.54, 1.807) is 0 Å². The highest BCUT2D eigenvalue weighted by Gasteiger charge is 2.36. The van der Waals surface area contributed by atoms with Gasteiger partial charge in [0.2, 0.25) is 0 Å². The second-order valence-electron chi connectivity index (χ2n) is 6.76. The van der Waals surface area contributed by atoms with Gasteiger partial charge in [-0.3, -0.25) is 4.79 Å². The van der Waals surface area contributed by atoms with Gasteiger partial charge in [0.1, 0.15) is 5.82 Å². The summed E-state index contributed by atoms with van der Waals surface area (Å²) in [6, 6.07) is 0. The van der Waals surface area contributed by atoms with Gasteiger partial charge in [-0.15, -0.1) is 0 Å². The van der Waals surface area contributed by atoms with Gasteiger partial charge in [-0.2, -0.15) is 0 Å². The molecule has 1 fully saturated rings. The summed E-state index contributed by atoms with van der Waals surface area (Å²) >= 11 is 0. The SMILES string of the molecule is CCCn1ccnc1CC1CC(C(C)C)CCC1C(=O)O. The molecule has 0 saturated heterocycles. The lowest BCUT2D eigenvalue weighted by Crippen LogP contribution is -2.34. The molecule has 0 spiro atoms. The zero-order valence-corrected chi connectivity index (χ0v) is 13.5. The first-order valence-electron chi connectivity index (χ1n) is 8.25. The summed E-state index contributed by atoms with van der Waals surface area (Å²) in [5, 5.41) is 9.51. The molecule has 118 valence electrons. The van der Waals surface area contributed by atoms with Crippen LogP contribution in [0.15, 0.2) is 12.4 Å². The Bertz CT molecular complexity index is 467. The van der Waals surface area contributed by atoms with Crippen molar-refractivity contribution in [2.24, 2.45) is 23.7 Å². The lowest BCUT2D eigenvalue weighted by atomic mass is 9.69. The van der Waals surface area contributed by atoms with Gasteiger partial charge >= 0.3 is 5.97 Å². The van der Waals surface area contributed by atoms with Gasteiger partial charge in [0.05, 0.1) is 5.92 Å². The van der Waals surface area contributed by atoms with E-state index in [2.05, 4.69) is 30.3 Å². The highest BCUT2D eigenvalue weighted by Crippen LogP contribution is 2.39. The summed E-state index contributed by atoms with van der Waals surface area (Å²) in [4.78, 5) is 16.0. The van der Waals surface area contributed by atoms with Crippen LogP contribution in [-0.2, 0) is 17.8 Å². The Morgan fingerprint density at radius 3 is 2.86 bits per heavy atom. The molecule has 1 heterocycles. The number of hydrogen-bond acceptors (Lipinski definition) is 2. The molecule has 0 aromatic carbocycles. The Hall–Kier alpha value is -1.32. The molecular weight excluding hydrogens is 264 g/mol. The molecule has 3 atom stereocenters. The Balaban J connectivity index is 2.12. The summed E-state index contributed by atoms with van der Waals surface area (Å²) < 4.78 is 2.18. The van der Waals surface area contributed by atoms with E-state index in [0.717, 1.165) is 44.5 Å². The van der Waals surface area contributed by atoms with Crippen LogP contribution < -0.4 is 0 Å². The van der Waals surface area contributed by atoms with Gasteiger partial charge in [-0.05, 0) is 43.4 Å². The zero-order valence-electron chi connectivity index (χ0n) is 13.5. The van der Waals surface area contributed by atoms with Gasteiger partial charge in [-0.1, -0.05) is 20.8 Å². The average Bonchev–Trinajstić information content (AvgIpc) is 2.86. The summed E-state index contributed by atoms with van der Waals surface area (Å²) in [6.07, 6.45) is 8.61. The highest BCUT2D eigenvalue weighted by molar-refractivity contribution is 5.70. The predicted octanol–water partition coefficient (Wildman–Crippen LogP) is 3.61. The third-order valence-electron chi connectivity index (χ3n) is 4.99. The maximum Gasteiger partial charge on any atom is 0.306 e. The van der Waals surface area contributed by atoms with Crippen molar-refractivity contribution in [1.29, 1.82) is 0 Å². The molecule has 1 aromatic heterocycles. The van der Waals surface area contributed by atoms with E-state index in [4.69, 9.17) is 0 Å². The molecule has 0 amide bonds. The normalized spacial score (nSPS) is 26.2. The first-order valence-corrected chi connectivity index (χ1v) is 8.25. The number of hydrogen-bond donors (Lipinski definition) is 1. The molecule has 1 saturated carbocycles. The second kappa shape index (κ2) is 7.10. The maximum absolute atomic E-state index is 11.6. The average molecular weight is 292 g/mol. The van der Waals surface area contributed by atoms with Crippen molar-refractivity contribution in [2.45, 2.75) is 59.4 Å². The van der Waals surface area contributed by atoms with Crippen LogP contribution in [-0.4, -0.2) is 20.6 Å². The largest absolute Gasteiger partial charge is 0.481 e. The monoisotopic (exact) mass is 292 g/mol. The standard InChI is InChI=1S/C17H28N2O2/c1-4-8-19-9-7-18-16(19)11-14-10-13(12(2)3)5-6-15(14)17(20)21/h7,9,12-15H,4-6,8,10-11H2,1-3H3,(H,20,21). The van der Waals surface area contributed by atoms with Gasteiger partial charge in [0.15, 0.2) is 0 Å². The number of carboxylic acid groups (broad SMARTS) is 1. The molecule has 1 aliphatic rings. The van der Waals surface area contributed by atoms with E-state index < -0.39 is 5.97 Å². The summed E-state index contributed by atoms with van der Waals surface area (Å²) in [5.41, 5.74) is 0. The Morgan fingerprint density at radius 1 is 1.48 bits per heavy atom. The van der Waals surface area contributed by atoms with Crippen molar-refractivity contribution in [3.8, 4) is 0 Å². The fraction of sp³-hybridized carbons (Fsp3) is 0.765. The number of aromatic nitrogens is 2. The number of rotatable bonds is 6. The lowest BCUT2D eigenvalue weighted by Gasteiger charge is -2.35. The van der Waals surface area contributed by atoms with Gasteiger partial charge < -0.3 is 9.67 Å². The minimum absolute atomic E-state index is 0.202. The molecule has 1 aliphatic carbocycles. The molecule has 0 aliphatic heterocycles. The van der Waals surface area contributed by atoms with Crippen molar-refractivity contribution in [3.63, 3.8) is 0 Å². The van der Waals surface area contributed by atoms with E-state index in [-0.39, 0.29) is 11.8 Å². The number of aryl methyl sites for hydroxylation is 1. The number of imidazole rings is 1. The summed E-state index contributed by atoms with van der Waals surface area (Å²) in [6.45, 7) is 7.62. The van der Waals surface area contributed by atoms with Crippen molar-refractivity contribution < 1.29 is 9.90 Å². The Morgan fingerprint density at radius 2 is 2.24 bits per heavy atom. The molecule has 0 radical (unpaired) electrons. The van der Waals surface area contributed by atoms with Crippen LogP contribution in [0.1, 0.15) is 52.3 Å². The van der Waals surface area contributed by atoms with Crippen LogP contribution in [0.2, 0.25) is 0 Å². The van der Waals surface area contributed by atoms with Crippen LogP contribution in [0, 0.1) is 23.7 Å². The van der Waals surface area contributed by atoms with Gasteiger partial charge in [0.25, 0.3) is 0 Å². The quantitative estimate of drug-likeness (QED) is 0.871. The lowest BCUT2D eigenvalue weighted by molar-refractivity contribution is -0.145.